The van der Waals surface area contributed by atoms with Crippen LogP contribution >= 0.6 is 0 Å². The standard InChI is InChI=1S/C18H24N4O3/c1-13-6-7-14(16(9-13)24-3)10-21-18(19-2)22-12-17(23)20-11-15-5-4-8-25-15/h4-9H,10-12H2,1-3H3,(H,20,23)(H2,19,21,22). The van der Waals surface area contributed by atoms with Gasteiger partial charge in [-0.25, -0.2) is 0 Å². The van der Waals surface area contributed by atoms with Gasteiger partial charge in [-0.15, -0.1) is 0 Å². The smallest absolute Gasteiger partial charge is 0.239 e. The van der Waals surface area contributed by atoms with Crippen molar-refractivity contribution >= 4 is 11.9 Å². The summed E-state index contributed by atoms with van der Waals surface area (Å²) in [5.74, 6) is 1.92. The first kappa shape index (κ1) is 18.4. The summed E-state index contributed by atoms with van der Waals surface area (Å²) in [5, 5.41) is 8.90. The summed E-state index contributed by atoms with van der Waals surface area (Å²) in [5.41, 5.74) is 2.15. The van der Waals surface area contributed by atoms with Crippen molar-refractivity contribution in [3.63, 3.8) is 0 Å². The van der Waals surface area contributed by atoms with Gasteiger partial charge in [-0.1, -0.05) is 12.1 Å². The summed E-state index contributed by atoms with van der Waals surface area (Å²) in [6.45, 7) is 3.03. The fourth-order valence-corrected chi connectivity index (χ4v) is 2.22. The fraction of sp³-hybridized carbons (Fsp3) is 0.333. The van der Waals surface area contributed by atoms with Crippen LogP contribution < -0.4 is 20.7 Å². The minimum absolute atomic E-state index is 0.116. The number of aryl methyl sites for hydroxylation is 1. The lowest BCUT2D eigenvalue weighted by molar-refractivity contribution is -0.120. The SMILES string of the molecule is CN=C(NCC(=O)NCc1ccco1)NCc1ccc(C)cc1OC. The number of hydrogen-bond acceptors (Lipinski definition) is 4. The van der Waals surface area contributed by atoms with Crippen LogP contribution in [0.15, 0.2) is 46.0 Å². The lowest BCUT2D eigenvalue weighted by Crippen LogP contribution is -2.42. The van der Waals surface area contributed by atoms with Gasteiger partial charge in [-0.3, -0.25) is 9.79 Å². The molecule has 0 aliphatic carbocycles. The maximum Gasteiger partial charge on any atom is 0.239 e. The van der Waals surface area contributed by atoms with Gasteiger partial charge in [-0.05, 0) is 30.7 Å². The quantitative estimate of drug-likeness (QED) is 0.524. The molecule has 0 radical (unpaired) electrons. The summed E-state index contributed by atoms with van der Waals surface area (Å²) in [4.78, 5) is 16.0. The molecular formula is C18H24N4O3. The number of benzene rings is 1. The van der Waals surface area contributed by atoms with Crippen LogP contribution in [0.2, 0.25) is 0 Å². The number of aliphatic imine (C=N–C) groups is 1. The van der Waals surface area contributed by atoms with E-state index in [1.807, 2.05) is 31.2 Å². The van der Waals surface area contributed by atoms with Crippen molar-refractivity contribution in [1.82, 2.24) is 16.0 Å². The summed E-state index contributed by atoms with van der Waals surface area (Å²) >= 11 is 0. The van der Waals surface area contributed by atoms with E-state index in [0.717, 1.165) is 16.9 Å². The third-order valence-electron chi connectivity index (χ3n) is 3.57. The first-order chi connectivity index (χ1) is 12.1. The van der Waals surface area contributed by atoms with E-state index in [1.54, 1.807) is 26.5 Å². The monoisotopic (exact) mass is 344 g/mol. The number of ether oxygens (including phenoxy) is 1. The Bertz CT molecular complexity index is 711. The number of nitrogens with zero attached hydrogens (tertiary/aromatic N) is 1. The molecule has 0 aliphatic rings. The van der Waals surface area contributed by atoms with Gasteiger partial charge in [0.05, 0.1) is 26.5 Å². The second-order valence-electron chi connectivity index (χ2n) is 5.45. The lowest BCUT2D eigenvalue weighted by atomic mass is 10.1. The molecule has 0 saturated carbocycles. The first-order valence-corrected chi connectivity index (χ1v) is 7.99. The topological polar surface area (TPSA) is 87.9 Å². The summed E-state index contributed by atoms with van der Waals surface area (Å²) in [6.07, 6.45) is 1.57. The minimum atomic E-state index is -0.146. The van der Waals surface area contributed by atoms with E-state index in [-0.39, 0.29) is 12.5 Å². The maximum absolute atomic E-state index is 11.9. The molecule has 25 heavy (non-hydrogen) atoms. The number of rotatable bonds is 7. The van der Waals surface area contributed by atoms with Gasteiger partial charge in [0.15, 0.2) is 5.96 Å². The fourth-order valence-electron chi connectivity index (χ4n) is 2.22. The van der Waals surface area contributed by atoms with Crippen LogP contribution in [0.3, 0.4) is 0 Å². The van der Waals surface area contributed by atoms with E-state index in [0.29, 0.717) is 24.8 Å². The van der Waals surface area contributed by atoms with Gasteiger partial charge >= 0.3 is 0 Å². The Hall–Kier alpha value is -2.96. The van der Waals surface area contributed by atoms with Gasteiger partial charge in [0, 0.05) is 19.2 Å². The maximum atomic E-state index is 11.9. The van der Waals surface area contributed by atoms with Gasteiger partial charge in [-0.2, -0.15) is 0 Å². The van der Waals surface area contributed by atoms with E-state index in [4.69, 9.17) is 9.15 Å². The molecular weight excluding hydrogens is 320 g/mol. The highest BCUT2D eigenvalue weighted by molar-refractivity contribution is 5.86. The van der Waals surface area contributed by atoms with Gasteiger partial charge in [0.2, 0.25) is 5.91 Å². The molecule has 1 amide bonds. The zero-order valence-electron chi connectivity index (χ0n) is 14.8. The highest BCUT2D eigenvalue weighted by Crippen LogP contribution is 2.19. The Labute approximate surface area is 147 Å². The zero-order chi connectivity index (χ0) is 18.1. The Kier molecular flexibility index (Phi) is 6.88. The van der Waals surface area contributed by atoms with Crippen molar-refractivity contribution in [2.75, 3.05) is 20.7 Å². The molecule has 1 heterocycles. The van der Waals surface area contributed by atoms with Crippen LogP contribution in [-0.4, -0.2) is 32.6 Å². The van der Waals surface area contributed by atoms with Crippen LogP contribution in [0.5, 0.6) is 5.75 Å². The Morgan fingerprint density at radius 3 is 2.72 bits per heavy atom. The van der Waals surface area contributed by atoms with Crippen molar-refractivity contribution in [2.24, 2.45) is 4.99 Å². The predicted molar refractivity (Wildman–Crippen MR) is 96.5 cm³/mol. The van der Waals surface area contributed by atoms with Crippen LogP contribution in [0.1, 0.15) is 16.9 Å². The number of guanidine groups is 1. The highest BCUT2D eigenvalue weighted by Gasteiger charge is 2.07. The van der Waals surface area contributed by atoms with E-state index in [9.17, 15) is 4.79 Å². The van der Waals surface area contributed by atoms with Gasteiger partial charge < -0.3 is 25.1 Å². The molecule has 0 bridgehead atoms. The average Bonchev–Trinajstić information content (AvgIpc) is 3.14. The zero-order valence-corrected chi connectivity index (χ0v) is 14.8. The average molecular weight is 344 g/mol. The molecule has 0 unspecified atom stereocenters. The van der Waals surface area contributed by atoms with E-state index in [1.165, 1.54) is 0 Å². The number of nitrogens with one attached hydrogen (secondary N) is 3. The first-order valence-electron chi connectivity index (χ1n) is 7.99. The third-order valence-corrected chi connectivity index (χ3v) is 3.57. The molecule has 0 aliphatic heterocycles. The molecule has 2 aromatic rings. The molecule has 7 heteroatoms. The van der Waals surface area contributed by atoms with E-state index < -0.39 is 0 Å². The second-order valence-corrected chi connectivity index (χ2v) is 5.45. The Morgan fingerprint density at radius 2 is 2.04 bits per heavy atom. The van der Waals surface area contributed by atoms with Gasteiger partial charge in [0.25, 0.3) is 0 Å². The highest BCUT2D eigenvalue weighted by atomic mass is 16.5. The van der Waals surface area contributed by atoms with Crippen LogP contribution in [-0.2, 0) is 17.9 Å². The van der Waals surface area contributed by atoms with Crippen molar-refractivity contribution < 1.29 is 13.9 Å². The molecule has 3 N–H and O–H groups in total. The summed E-state index contributed by atoms with van der Waals surface area (Å²) < 4.78 is 10.5. The number of carbonyl (C=O) groups is 1. The normalized spacial score (nSPS) is 11.1. The van der Waals surface area contributed by atoms with Crippen molar-refractivity contribution in [1.29, 1.82) is 0 Å². The molecule has 134 valence electrons. The largest absolute Gasteiger partial charge is 0.496 e. The number of carbonyl (C=O) groups excluding carboxylic acids is 1. The predicted octanol–water partition coefficient (Wildman–Crippen LogP) is 1.58. The molecule has 1 aromatic heterocycles. The number of amides is 1. The van der Waals surface area contributed by atoms with Gasteiger partial charge in [0.1, 0.15) is 11.5 Å². The van der Waals surface area contributed by atoms with Crippen LogP contribution in [0.25, 0.3) is 0 Å². The molecule has 2 rings (SSSR count). The summed E-state index contributed by atoms with van der Waals surface area (Å²) in [6, 6.07) is 9.60. The minimum Gasteiger partial charge on any atom is -0.496 e. The van der Waals surface area contributed by atoms with Crippen LogP contribution in [0.4, 0.5) is 0 Å². The molecule has 1 aromatic carbocycles. The van der Waals surface area contributed by atoms with E-state index >= 15 is 0 Å². The second kappa shape index (κ2) is 9.36. The Balaban J connectivity index is 1.77. The molecule has 0 saturated heterocycles. The van der Waals surface area contributed by atoms with Crippen molar-refractivity contribution in [2.45, 2.75) is 20.0 Å². The molecule has 7 nitrogen and oxygen atoms in total. The Morgan fingerprint density at radius 1 is 1.20 bits per heavy atom. The van der Waals surface area contributed by atoms with Crippen molar-refractivity contribution in [3.8, 4) is 5.75 Å². The number of hydrogen-bond donors (Lipinski definition) is 3. The summed E-state index contributed by atoms with van der Waals surface area (Å²) in [7, 11) is 3.30. The molecule has 0 atom stereocenters. The van der Waals surface area contributed by atoms with E-state index in [2.05, 4.69) is 20.9 Å². The molecule has 0 spiro atoms. The van der Waals surface area contributed by atoms with Crippen LogP contribution in [0, 0.1) is 6.92 Å². The number of furan rings is 1. The lowest BCUT2D eigenvalue weighted by Gasteiger charge is -2.14. The van der Waals surface area contributed by atoms with Crippen molar-refractivity contribution in [3.05, 3.63) is 53.5 Å². The third kappa shape index (κ3) is 5.87. The number of methoxy groups -OCH3 is 1. The molecule has 0 fully saturated rings.